The number of benzene rings is 2. The number of aryl methyl sites for hydroxylation is 2. The lowest BCUT2D eigenvalue weighted by Gasteiger charge is -2.33. The molecule has 0 radical (unpaired) electrons. The number of ether oxygens (including phenoxy) is 5. The van der Waals surface area contributed by atoms with Gasteiger partial charge in [0.15, 0.2) is 35.7 Å². The van der Waals surface area contributed by atoms with Crippen LogP contribution in [0.1, 0.15) is 18.9 Å². The quantitative estimate of drug-likeness (QED) is 0.348. The highest BCUT2D eigenvalue weighted by Gasteiger charge is 2.29. The predicted octanol–water partition coefficient (Wildman–Crippen LogP) is 3.63. The van der Waals surface area contributed by atoms with Gasteiger partial charge in [0.25, 0.3) is 0 Å². The lowest BCUT2D eigenvalue weighted by Crippen LogP contribution is -2.49. The van der Waals surface area contributed by atoms with Gasteiger partial charge in [-0.2, -0.15) is 4.57 Å². The Balaban J connectivity index is 1.15. The fourth-order valence-corrected chi connectivity index (χ4v) is 5.54. The summed E-state index contributed by atoms with van der Waals surface area (Å²) in [7, 11) is 1.68. The molecule has 0 N–H and O–H groups in total. The fraction of sp³-hybridized carbons (Fsp3) is 0.448. The third-order valence-electron chi connectivity index (χ3n) is 7.56. The first kappa shape index (κ1) is 24.6. The van der Waals surface area contributed by atoms with E-state index in [9.17, 15) is 4.79 Å². The number of carbonyl (C=O) groups is 1. The summed E-state index contributed by atoms with van der Waals surface area (Å²) in [6.45, 7) is 8.00. The number of carbonyl (C=O) groups excluding carboxylic acids is 1. The van der Waals surface area contributed by atoms with Crippen LogP contribution in [0.2, 0.25) is 0 Å². The summed E-state index contributed by atoms with van der Waals surface area (Å²) in [6, 6.07) is 10.5. The second kappa shape index (κ2) is 10.6. The van der Waals surface area contributed by atoms with Crippen LogP contribution in [0, 0.1) is 0 Å². The molecule has 0 aliphatic carbocycles. The molecule has 9 heteroatoms. The van der Waals surface area contributed by atoms with Crippen LogP contribution in [0.25, 0.3) is 22.0 Å². The number of pyridine rings is 1. The normalized spacial score (nSPS) is 16.2. The van der Waals surface area contributed by atoms with Crippen LogP contribution in [0.4, 0.5) is 4.79 Å². The van der Waals surface area contributed by atoms with E-state index in [1.807, 2.05) is 13.0 Å². The Hall–Kier alpha value is -3.72. The van der Waals surface area contributed by atoms with Gasteiger partial charge in [0, 0.05) is 45.2 Å². The van der Waals surface area contributed by atoms with E-state index in [0.717, 1.165) is 78.5 Å². The lowest BCUT2D eigenvalue weighted by molar-refractivity contribution is -0.686. The standard InChI is InChI=1S/C29H34N3O6/c1-3-35-29(33)31-12-10-30(11-13-31)8-4-14-36-28-23-18-32-9-7-21-16-26-27(38-19-37-26)17-22(21)24(32)15-20(23)5-6-25(28)34-2/h5-6,15-18H,3-4,7-14,19H2,1-2H3/q+1. The molecular weight excluding hydrogens is 486 g/mol. The number of methoxy groups -OCH3 is 1. The molecule has 0 unspecified atom stereocenters. The van der Waals surface area contributed by atoms with Crippen LogP contribution in [0.15, 0.2) is 36.5 Å². The fourth-order valence-electron chi connectivity index (χ4n) is 5.54. The number of hydrogen-bond acceptors (Lipinski definition) is 7. The van der Waals surface area contributed by atoms with E-state index in [-0.39, 0.29) is 12.9 Å². The molecule has 3 aliphatic rings. The zero-order chi connectivity index (χ0) is 26.1. The van der Waals surface area contributed by atoms with Crippen molar-refractivity contribution < 1.29 is 33.0 Å². The van der Waals surface area contributed by atoms with Crippen molar-refractivity contribution in [1.29, 1.82) is 0 Å². The smallest absolute Gasteiger partial charge is 0.409 e. The minimum atomic E-state index is -0.215. The lowest BCUT2D eigenvalue weighted by atomic mass is 9.95. The molecule has 1 fully saturated rings. The monoisotopic (exact) mass is 520 g/mol. The highest BCUT2D eigenvalue weighted by molar-refractivity contribution is 5.91. The Bertz CT molecular complexity index is 1350. The zero-order valence-corrected chi connectivity index (χ0v) is 22.0. The van der Waals surface area contributed by atoms with Crippen LogP contribution in [0.5, 0.6) is 23.0 Å². The molecule has 200 valence electrons. The molecule has 9 nitrogen and oxygen atoms in total. The minimum Gasteiger partial charge on any atom is -0.493 e. The molecule has 0 saturated carbocycles. The molecule has 38 heavy (non-hydrogen) atoms. The van der Waals surface area contributed by atoms with Crippen LogP contribution in [0.3, 0.4) is 0 Å². The number of amides is 1. The minimum absolute atomic E-state index is 0.215. The predicted molar refractivity (Wildman–Crippen MR) is 141 cm³/mol. The molecule has 0 atom stereocenters. The summed E-state index contributed by atoms with van der Waals surface area (Å²) in [5.74, 6) is 3.15. The van der Waals surface area contributed by atoms with Crippen molar-refractivity contribution in [2.45, 2.75) is 26.3 Å². The summed E-state index contributed by atoms with van der Waals surface area (Å²) in [5, 5.41) is 2.15. The van der Waals surface area contributed by atoms with Crippen LogP contribution < -0.4 is 23.5 Å². The van der Waals surface area contributed by atoms with Crippen LogP contribution in [-0.2, 0) is 17.7 Å². The van der Waals surface area contributed by atoms with Crippen molar-refractivity contribution in [2.75, 3.05) is 59.8 Å². The average Bonchev–Trinajstić information content (AvgIpc) is 3.41. The van der Waals surface area contributed by atoms with Gasteiger partial charge in [0.05, 0.1) is 31.3 Å². The van der Waals surface area contributed by atoms with Crippen molar-refractivity contribution in [3.8, 4) is 34.3 Å². The van der Waals surface area contributed by atoms with E-state index in [1.165, 1.54) is 11.1 Å². The van der Waals surface area contributed by atoms with E-state index in [4.69, 9.17) is 23.7 Å². The largest absolute Gasteiger partial charge is 0.493 e. The van der Waals surface area contributed by atoms with Crippen molar-refractivity contribution >= 4 is 16.9 Å². The highest BCUT2D eigenvalue weighted by Crippen LogP contribution is 2.41. The van der Waals surface area contributed by atoms with Gasteiger partial charge in [-0.1, -0.05) is 0 Å². The van der Waals surface area contributed by atoms with Gasteiger partial charge in [0.1, 0.15) is 0 Å². The number of aromatic nitrogens is 1. The summed E-state index contributed by atoms with van der Waals surface area (Å²) < 4.78 is 30.7. The SMILES string of the molecule is CCOC(=O)N1CCN(CCCOc2c(OC)ccc3cc4[n+](cc23)CCc2cc3c(cc2-4)OCO3)CC1. The maximum atomic E-state index is 11.9. The van der Waals surface area contributed by atoms with Gasteiger partial charge >= 0.3 is 6.09 Å². The number of fused-ring (bicyclic) bond motifs is 5. The second-order valence-electron chi connectivity index (χ2n) is 9.79. The van der Waals surface area contributed by atoms with Gasteiger partial charge in [-0.05, 0) is 48.6 Å². The third-order valence-corrected chi connectivity index (χ3v) is 7.56. The van der Waals surface area contributed by atoms with Gasteiger partial charge in [-0.25, -0.2) is 4.79 Å². The number of hydrogen-bond donors (Lipinski definition) is 0. The Morgan fingerprint density at radius 2 is 1.89 bits per heavy atom. The Morgan fingerprint density at radius 3 is 2.68 bits per heavy atom. The summed E-state index contributed by atoms with van der Waals surface area (Å²) >= 11 is 0. The molecule has 4 heterocycles. The first-order chi connectivity index (χ1) is 18.6. The van der Waals surface area contributed by atoms with E-state index < -0.39 is 0 Å². The van der Waals surface area contributed by atoms with Gasteiger partial charge < -0.3 is 28.6 Å². The summed E-state index contributed by atoms with van der Waals surface area (Å²) in [4.78, 5) is 16.1. The second-order valence-corrected chi connectivity index (χ2v) is 9.79. The average molecular weight is 521 g/mol. The molecule has 6 rings (SSSR count). The molecule has 1 amide bonds. The third kappa shape index (κ3) is 4.67. The molecule has 0 spiro atoms. The maximum absolute atomic E-state index is 11.9. The zero-order valence-electron chi connectivity index (χ0n) is 22.0. The van der Waals surface area contributed by atoms with E-state index >= 15 is 0 Å². The Morgan fingerprint density at radius 1 is 1.08 bits per heavy atom. The van der Waals surface area contributed by atoms with E-state index in [2.05, 4.69) is 39.9 Å². The number of rotatable bonds is 7. The summed E-state index contributed by atoms with van der Waals surface area (Å²) in [6.07, 6.45) is 3.79. The van der Waals surface area contributed by atoms with Crippen LogP contribution in [-0.4, -0.2) is 75.7 Å². The van der Waals surface area contributed by atoms with E-state index in [1.54, 1.807) is 12.0 Å². The molecule has 3 aliphatic heterocycles. The molecule has 1 saturated heterocycles. The van der Waals surface area contributed by atoms with Crippen molar-refractivity contribution in [1.82, 2.24) is 9.80 Å². The number of nitrogens with zero attached hydrogens (tertiary/aromatic N) is 3. The molecule has 3 aromatic rings. The first-order valence-electron chi connectivity index (χ1n) is 13.4. The van der Waals surface area contributed by atoms with Gasteiger partial charge in [-0.15, -0.1) is 0 Å². The van der Waals surface area contributed by atoms with Crippen molar-refractivity contribution in [3.63, 3.8) is 0 Å². The van der Waals surface area contributed by atoms with Gasteiger partial charge in [-0.3, -0.25) is 4.90 Å². The molecule has 0 bridgehead atoms. The number of piperazine rings is 1. The maximum Gasteiger partial charge on any atom is 0.409 e. The molecule has 1 aromatic heterocycles. The van der Waals surface area contributed by atoms with E-state index in [0.29, 0.717) is 26.3 Å². The Kier molecular flexibility index (Phi) is 6.84. The topological polar surface area (TPSA) is 73.6 Å². The highest BCUT2D eigenvalue weighted by atomic mass is 16.7. The van der Waals surface area contributed by atoms with Crippen LogP contribution >= 0.6 is 0 Å². The van der Waals surface area contributed by atoms with Crippen molar-refractivity contribution in [3.05, 3.63) is 42.1 Å². The summed E-state index contributed by atoms with van der Waals surface area (Å²) in [5.41, 5.74) is 3.63. The first-order valence-corrected chi connectivity index (χ1v) is 13.4. The van der Waals surface area contributed by atoms with Gasteiger partial charge in [0.2, 0.25) is 12.5 Å². The molecular formula is C29H34N3O6+. The van der Waals surface area contributed by atoms with Crippen molar-refractivity contribution in [2.24, 2.45) is 0 Å². The Labute approximate surface area is 222 Å². The molecule has 2 aromatic carbocycles.